The Morgan fingerprint density at radius 2 is 2.11 bits per heavy atom. The van der Waals surface area contributed by atoms with E-state index >= 15 is 0 Å². The highest BCUT2D eigenvalue weighted by Crippen LogP contribution is 2.21. The number of unbranched alkanes of at least 4 members (excludes halogenated alkanes) is 1. The van der Waals surface area contributed by atoms with Crippen LogP contribution in [-0.2, 0) is 0 Å². The summed E-state index contributed by atoms with van der Waals surface area (Å²) in [5.74, 6) is 0.939. The number of halogens is 1. The van der Waals surface area contributed by atoms with Crippen LogP contribution in [0.2, 0.25) is 5.02 Å². The van der Waals surface area contributed by atoms with Crippen molar-refractivity contribution in [2.75, 3.05) is 13.2 Å². The summed E-state index contributed by atoms with van der Waals surface area (Å²) in [6, 6.07) is 6.36. The van der Waals surface area contributed by atoms with Gasteiger partial charge in [-0.25, -0.2) is 0 Å². The van der Waals surface area contributed by atoms with E-state index in [9.17, 15) is 0 Å². The first kappa shape index (κ1) is 15.3. The molecule has 1 rings (SSSR count). The van der Waals surface area contributed by atoms with Gasteiger partial charge in [0.15, 0.2) is 0 Å². The minimum absolute atomic E-state index is 0.615. The third-order valence-corrected chi connectivity index (χ3v) is 3.31. The van der Waals surface area contributed by atoms with E-state index < -0.39 is 0 Å². The average Bonchev–Trinajstić information content (AvgIpc) is 2.35. The van der Waals surface area contributed by atoms with Crippen LogP contribution in [0, 0.1) is 6.92 Å². The zero-order chi connectivity index (χ0) is 13.4. The molecule has 0 radical (unpaired) electrons. The number of hydrogen-bond acceptors (Lipinski definition) is 2. The highest BCUT2D eigenvalue weighted by Gasteiger charge is 2.00. The standard InChI is InChI=1S/C15H24ClNO/c1-4-13(3)17-9-5-6-10-18-15-8-7-14(16)11-12(15)2/h7-8,11,13,17H,4-6,9-10H2,1-3H3/t13-/m0/s1. The van der Waals surface area contributed by atoms with Crippen LogP contribution in [0.4, 0.5) is 0 Å². The fourth-order valence-electron chi connectivity index (χ4n) is 1.68. The van der Waals surface area contributed by atoms with E-state index in [1.54, 1.807) is 0 Å². The van der Waals surface area contributed by atoms with Crippen LogP contribution in [-0.4, -0.2) is 19.2 Å². The topological polar surface area (TPSA) is 21.3 Å². The van der Waals surface area contributed by atoms with Gasteiger partial charge in [-0.15, -0.1) is 0 Å². The Hall–Kier alpha value is -0.730. The SMILES string of the molecule is CC[C@H](C)NCCCCOc1ccc(Cl)cc1C. The van der Waals surface area contributed by atoms with Gasteiger partial charge in [0.25, 0.3) is 0 Å². The molecular weight excluding hydrogens is 246 g/mol. The zero-order valence-corrected chi connectivity index (χ0v) is 12.4. The fourth-order valence-corrected chi connectivity index (χ4v) is 1.90. The first-order valence-corrected chi connectivity index (χ1v) is 7.13. The lowest BCUT2D eigenvalue weighted by Gasteiger charge is -2.12. The molecule has 0 heterocycles. The van der Waals surface area contributed by atoms with E-state index in [0.29, 0.717) is 6.04 Å². The number of ether oxygens (including phenoxy) is 1. The average molecular weight is 270 g/mol. The second-order valence-corrected chi connectivity index (χ2v) is 5.17. The molecule has 0 saturated heterocycles. The van der Waals surface area contributed by atoms with Gasteiger partial charge in [0, 0.05) is 11.1 Å². The van der Waals surface area contributed by atoms with Crippen molar-refractivity contribution in [2.24, 2.45) is 0 Å². The van der Waals surface area contributed by atoms with E-state index in [1.807, 2.05) is 25.1 Å². The smallest absolute Gasteiger partial charge is 0.122 e. The molecule has 3 heteroatoms. The Labute approximate surface area is 116 Å². The Bertz CT molecular complexity index is 354. The Balaban J connectivity index is 2.14. The van der Waals surface area contributed by atoms with Crippen LogP contribution in [0.3, 0.4) is 0 Å². The van der Waals surface area contributed by atoms with Crippen molar-refractivity contribution in [1.82, 2.24) is 5.32 Å². The number of aryl methyl sites for hydroxylation is 1. The predicted molar refractivity (Wildman–Crippen MR) is 78.7 cm³/mol. The summed E-state index contributed by atoms with van der Waals surface area (Å²) in [7, 11) is 0. The molecule has 0 amide bonds. The van der Waals surface area contributed by atoms with Crippen LogP contribution in [0.5, 0.6) is 5.75 Å². The van der Waals surface area contributed by atoms with Gasteiger partial charge >= 0.3 is 0 Å². The molecule has 0 aromatic heterocycles. The predicted octanol–water partition coefficient (Wildman–Crippen LogP) is 4.20. The van der Waals surface area contributed by atoms with Crippen molar-refractivity contribution in [3.8, 4) is 5.75 Å². The van der Waals surface area contributed by atoms with Gasteiger partial charge in [0.1, 0.15) is 5.75 Å². The monoisotopic (exact) mass is 269 g/mol. The molecule has 0 aliphatic heterocycles. The second kappa shape index (κ2) is 8.39. The third kappa shape index (κ3) is 5.74. The second-order valence-electron chi connectivity index (χ2n) is 4.73. The highest BCUT2D eigenvalue weighted by molar-refractivity contribution is 6.30. The van der Waals surface area contributed by atoms with Gasteiger partial charge in [-0.2, -0.15) is 0 Å². The quantitative estimate of drug-likeness (QED) is 0.715. The Morgan fingerprint density at radius 1 is 1.33 bits per heavy atom. The molecule has 0 bridgehead atoms. The summed E-state index contributed by atoms with van der Waals surface area (Å²) in [5.41, 5.74) is 1.10. The summed E-state index contributed by atoms with van der Waals surface area (Å²) in [5, 5.41) is 4.24. The molecule has 1 atom stereocenters. The maximum atomic E-state index is 5.90. The Morgan fingerprint density at radius 3 is 2.78 bits per heavy atom. The lowest BCUT2D eigenvalue weighted by Crippen LogP contribution is -2.26. The molecule has 0 aliphatic carbocycles. The van der Waals surface area contributed by atoms with Gasteiger partial charge in [-0.05, 0) is 63.4 Å². The Kier molecular flexibility index (Phi) is 7.14. The van der Waals surface area contributed by atoms with Crippen LogP contribution in [0.25, 0.3) is 0 Å². The molecule has 0 saturated carbocycles. The summed E-state index contributed by atoms with van der Waals surface area (Å²) in [4.78, 5) is 0. The van der Waals surface area contributed by atoms with E-state index in [0.717, 1.165) is 42.3 Å². The number of rotatable bonds is 8. The summed E-state index contributed by atoms with van der Waals surface area (Å²) in [6.07, 6.45) is 3.41. The molecule has 0 unspecified atom stereocenters. The van der Waals surface area contributed by atoms with Gasteiger partial charge < -0.3 is 10.1 Å². The van der Waals surface area contributed by atoms with Crippen LogP contribution < -0.4 is 10.1 Å². The molecule has 0 aliphatic rings. The van der Waals surface area contributed by atoms with Crippen molar-refractivity contribution in [2.45, 2.75) is 46.1 Å². The molecule has 102 valence electrons. The highest BCUT2D eigenvalue weighted by atomic mass is 35.5. The van der Waals surface area contributed by atoms with Crippen LogP contribution in [0.15, 0.2) is 18.2 Å². The molecule has 0 fully saturated rings. The zero-order valence-electron chi connectivity index (χ0n) is 11.6. The van der Waals surface area contributed by atoms with Gasteiger partial charge in [-0.1, -0.05) is 18.5 Å². The van der Waals surface area contributed by atoms with E-state index in [1.165, 1.54) is 6.42 Å². The third-order valence-electron chi connectivity index (χ3n) is 3.07. The largest absolute Gasteiger partial charge is 0.493 e. The lowest BCUT2D eigenvalue weighted by molar-refractivity contribution is 0.302. The number of nitrogens with one attached hydrogen (secondary N) is 1. The van der Waals surface area contributed by atoms with Crippen molar-refractivity contribution < 1.29 is 4.74 Å². The van der Waals surface area contributed by atoms with Crippen molar-refractivity contribution in [1.29, 1.82) is 0 Å². The molecule has 0 spiro atoms. The summed E-state index contributed by atoms with van der Waals surface area (Å²) >= 11 is 5.90. The summed E-state index contributed by atoms with van der Waals surface area (Å²) < 4.78 is 5.74. The lowest BCUT2D eigenvalue weighted by atomic mass is 10.2. The summed E-state index contributed by atoms with van der Waals surface area (Å²) in [6.45, 7) is 8.27. The van der Waals surface area contributed by atoms with Crippen molar-refractivity contribution in [3.05, 3.63) is 28.8 Å². The molecule has 2 nitrogen and oxygen atoms in total. The van der Waals surface area contributed by atoms with Crippen molar-refractivity contribution in [3.63, 3.8) is 0 Å². The van der Waals surface area contributed by atoms with E-state index in [2.05, 4.69) is 19.2 Å². The molecular formula is C15H24ClNO. The van der Waals surface area contributed by atoms with Gasteiger partial charge in [0.2, 0.25) is 0 Å². The van der Waals surface area contributed by atoms with Crippen molar-refractivity contribution >= 4 is 11.6 Å². The molecule has 1 aromatic carbocycles. The van der Waals surface area contributed by atoms with Gasteiger partial charge in [-0.3, -0.25) is 0 Å². The fraction of sp³-hybridized carbons (Fsp3) is 0.600. The minimum Gasteiger partial charge on any atom is -0.493 e. The molecule has 18 heavy (non-hydrogen) atoms. The molecule has 1 N–H and O–H groups in total. The molecule has 1 aromatic rings. The normalized spacial score (nSPS) is 12.4. The first-order valence-electron chi connectivity index (χ1n) is 6.75. The minimum atomic E-state index is 0.615. The van der Waals surface area contributed by atoms with Crippen LogP contribution >= 0.6 is 11.6 Å². The van der Waals surface area contributed by atoms with E-state index in [4.69, 9.17) is 16.3 Å². The van der Waals surface area contributed by atoms with E-state index in [-0.39, 0.29) is 0 Å². The van der Waals surface area contributed by atoms with Crippen LogP contribution in [0.1, 0.15) is 38.7 Å². The number of hydrogen-bond donors (Lipinski definition) is 1. The van der Waals surface area contributed by atoms with Gasteiger partial charge in [0.05, 0.1) is 6.61 Å². The maximum Gasteiger partial charge on any atom is 0.122 e. The maximum absolute atomic E-state index is 5.90. The number of benzene rings is 1. The first-order chi connectivity index (χ1) is 8.63.